The van der Waals surface area contributed by atoms with Gasteiger partial charge in [-0.1, -0.05) is 24.3 Å². The van der Waals surface area contributed by atoms with Crippen molar-refractivity contribution >= 4 is 11.3 Å². The van der Waals surface area contributed by atoms with Crippen molar-refractivity contribution in [1.29, 1.82) is 0 Å². The van der Waals surface area contributed by atoms with Crippen LogP contribution < -0.4 is 5.32 Å². The molecule has 84 valence electrons. The summed E-state index contributed by atoms with van der Waals surface area (Å²) in [4.78, 5) is 4.26. The molecule has 0 aliphatic heterocycles. The van der Waals surface area contributed by atoms with Crippen molar-refractivity contribution in [3.8, 4) is 0 Å². The van der Waals surface area contributed by atoms with E-state index >= 15 is 0 Å². The van der Waals surface area contributed by atoms with Crippen molar-refractivity contribution in [3.63, 3.8) is 0 Å². The largest absolute Gasteiger partial charge is 0.312 e. The van der Waals surface area contributed by atoms with Gasteiger partial charge in [-0.25, -0.2) is 4.98 Å². The lowest BCUT2D eigenvalue weighted by molar-refractivity contribution is 0.679. The molecule has 0 unspecified atom stereocenters. The van der Waals surface area contributed by atoms with Crippen LogP contribution in [0.5, 0.6) is 0 Å². The predicted octanol–water partition coefficient (Wildman–Crippen LogP) is 2.78. The molecule has 0 bridgehead atoms. The fraction of sp³-hybridized carbons (Fsp3) is 0.308. The lowest BCUT2D eigenvalue weighted by Gasteiger charge is -2.06. The molecule has 0 atom stereocenters. The van der Waals surface area contributed by atoms with Crippen LogP contribution in [-0.2, 0) is 13.0 Å². The molecule has 0 fully saturated rings. The smallest absolute Gasteiger partial charge is 0.0794 e. The highest BCUT2D eigenvalue weighted by molar-refractivity contribution is 7.07. The third kappa shape index (κ3) is 3.15. The second kappa shape index (κ2) is 5.77. The molecule has 0 aliphatic carbocycles. The van der Waals surface area contributed by atoms with Crippen LogP contribution in [0.4, 0.5) is 0 Å². The average Bonchev–Trinajstić information content (AvgIpc) is 2.79. The Kier molecular flexibility index (Phi) is 4.08. The minimum Gasteiger partial charge on any atom is -0.312 e. The summed E-state index contributed by atoms with van der Waals surface area (Å²) in [6, 6.07) is 8.49. The summed E-state index contributed by atoms with van der Waals surface area (Å²) in [5.74, 6) is 0. The minimum atomic E-state index is 0.941. The van der Waals surface area contributed by atoms with Crippen LogP contribution in [0.1, 0.15) is 16.8 Å². The van der Waals surface area contributed by atoms with Gasteiger partial charge in [0.25, 0.3) is 0 Å². The third-order valence-corrected chi connectivity index (χ3v) is 3.25. The fourth-order valence-corrected chi connectivity index (χ4v) is 2.20. The van der Waals surface area contributed by atoms with Gasteiger partial charge in [0.15, 0.2) is 0 Å². The van der Waals surface area contributed by atoms with E-state index in [9.17, 15) is 0 Å². The fourth-order valence-electron chi connectivity index (χ4n) is 1.61. The number of benzene rings is 1. The maximum absolute atomic E-state index is 4.26. The summed E-state index contributed by atoms with van der Waals surface area (Å²) in [6.07, 6.45) is 1.01. The van der Waals surface area contributed by atoms with E-state index in [0.29, 0.717) is 0 Å². The molecule has 0 radical (unpaired) electrons. The SMILES string of the molecule is Cc1ccccc1CNCCc1cscn1. The number of nitrogens with zero attached hydrogens (tertiary/aromatic N) is 1. The molecule has 0 saturated carbocycles. The first-order chi connectivity index (χ1) is 7.86. The van der Waals surface area contributed by atoms with Crippen molar-refractivity contribution in [2.75, 3.05) is 6.54 Å². The topological polar surface area (TPSA) is 24.9 Å². The molecule has 2 nitrogen and oxygen atoms in total. The first-order valence-corrected chi connectivity index (χ1v) is 6.43. The molecule has 1 heterocycles. The van der Waals surface area contributed by atoms with Crippen LogP contribution in [-0.4, -0.2) is 11.5 Å². The summed E-state index contributed by atoms with van der Waals surface area (Å²) in [5.41, 5.74) is 5.79. The number of hydrogen-bond donors (Lipinski definition) is 1. The quantitative estimate of drug-likeness (QED) is 0.802. The van der Waals surface area contributed by atoms with Crippen LogP contribution in [0.25, 0.3) is 0 Å². The van der Waals surface area contributed by atoms with Crippen molar-refractivity contribution < 1.29 is 0 Å². The Balaban J connectivity index is 1.74. The molecule has 1 aromatic carbocycles. The van der Waals surface area contributed by atoms with Crippen molar-refractivity contribution in [1.82, 2.24) is 10.3 Å². The molecular weight excluding hydrogens is 216 g/mol. The molecule has 2 rings (SSSR count). The van der Waals surface area contributed by atoms with Crippen molar-refractivity contribution in [2.45, 2.75) is 19.9 Å². The number of hydrogen-bond acceptors (Lipinski definition) is 3. The normalized spacial score (nSPS) is 10.6. The Morgan fingerprint density at radius 1 is 1.31 bits per heavy atom. The van der Waals surface area contributed by atoms with Crippen molar-refractivity contribution in [2.24, 2.45) is 0 Å². The summed E-state index contributed by atoms with van der Waals surface area (Å²) < 4.78 is 0. The Morgan fingerprint density at radius 3 is 2.94 bits per heavy atom. The van der Waals surface area contributed by atoms with E-state index in [0.717, 1.165) is 19.5 Å². The second-order valence-corrected chi connectivity index (χ2v) is 4.55. The van der Waals surface area contributed by atoms with E-state index in [-0.39, 0.29) is 0 Å². The molecule has 0 aliphatic rings. The number of aryl methyl sites for hydroxylation is 1. The number of aromatic nitrogens is 1. The van der Waals surface area contributed by atoms with Gasteiger partial charge in [0.1, 0.15) is 0 Å². The van der Waals surface area contributed by atoms with E-state index in [1.807, 2.05) is 5.51 Å². The lowest BCUT2D eigenvalue weighted by Crippen LogP contribution is -2.17. The molecular formula is C13H16N2S. The highest BCUT2D eigenvalue weighted by Gasteiger charge is 1.97. The van der Waals surface area contributed by atoms with Gasteiger partial charge in [-0.05, 0) is 18.1 Å². The van der Waals surface area contributed by atoms with Gasteiger partial charge in [-0.3, -0.25) is 0 Å². The Bertz CT molecular complexity index is 423. The van der Waals surface area contributed by atoms with Gasteiger partial charge in [-0.15, -0.1) is 11.3 Å². The Hall–Kier alpha value is -1.19. The first kappa shape index (κ1) is 11.3. The van der Waals surface area contributed by atoms with Crippen LogP contribution in [0, 0.1) is 6.92 Å². The second-order valence-electron chi connectivity index (χ2n) is 3.83. The number of nitrogens with one attached hydrogen (secondary N) is 1. The van der Waals surface area contributed by atoms with Crippen LogP contribution >= 0.6 is 11.3 Å². The average molecular weight is 232 g/mol. The zero-order chi connectivity index (χ0) is 11.2. The monoisotopic (exact) mass is 232 g/mol. The summed E-state index contributed by atoms with van der Waals surface area (Å²) >= 11 is 1.66. The zero-order valence-corrected chi connectivity index (χ0v) is 10.3. The van der Waals surface area contributed by atoms with E-state index in [1.165, 1.54) is 16.8 Å². The summed E-state index contributed by atoms with van der Waals surface area (Å²) in [5, 5.41) is 5.55. The lowest BCUT2D eigenvalue weighted by atomic mass is 10.1. The molecule has 0 spiro atoms. The first-order valence-electron chi connectivity index (χ1n) is 5.48. The Morgan fingerprint density at radius 2 is 2.19 bits per heavy atom. The maximum Gasteiger partial charge on any atom is 0.0794 e. The summed E-state index contributed by atoms with van der Waals surface area (Å²) in [7, 11) is 0. The van der Waals surface area contributed by atoms with Gasteiger partial charge in [-0.2, -0.15) is 0 Å². The van der Waals surface area contributed by atoms with Crippen LogP contribution in [0.2, 0.25) is 0 Å². The van der Waals surface area contributed by atoms with Gasteiger partial charge in [0.05, 0.1) is 11.2 Å². The molecule has 0 saturated heterocycles. The standard InChI is InChI=1S/C13H16N2S/c1-11-4-2-3-5-12(11)8-14-7-6-13-9-16-10-15-13/h2-5,9-10,14H,6-8H2,1H3. The van der Waals surface area contributed by atoms with E-state index < -0.39 is 0 Å². The van der Waals surface area contributed by atoms with Crippen LogP contribution in [0.3, 0.4) is 0 Å². The highest BCUT2D eigenvalue weighted by atomic mass is 32.1. The van der Waals surface area contributed by atoms with Gasteiger partial charge in [0, 0.05) is 24.9 Å². The molecule has 3 heteroatoms. The van der Waals surface area contributed by atoms with Crippen LogP contribution in [0.15, 0.2) is 35.2 Å². The van der Waals surface area contributed by atoms with Gasteiger partial charge < -0.3 is 5.32 Å². The molecule has 16 heavy (non-hydrogen) atoms. The molecule has 2 aromatic rings. The Labute approximate surface area is 100 Å². The van der Waals surface area contributed by atoms with Crippen molar-refractivity contribution in [3.05, 3.63) is 52.0 Å². The minimum absolute atomic E-state index is 0.941. The number of thiazole rings is 1. The molecule has 1 N–H and O–H groups in total. The maximum atomic E-state index is 4.26. The summed E-state index contributed by atoms with van der Waals surface area (Å²) in [6.45, 7) is 4.08. The van der Waals surface area contributed by atoms with E-state index in [1.54, 1.807) is 11.3 Å². The van der Waals surface area contributed by atoms with Gasteiger partial charge >= 0.3 is 0 Å². The number of rotatable bonds is 5. The molecule has 1 aromatic heterocycles. The highest BCUT2D eigenvalue weighted by Crippen LogP contribution is 2.06. The third-order valence-electron chi connectivity index (χ3n) is 2.62. The van der Waals surface area contributed by atoms with E-state index in [4.69, 9.17) is 0 Å². The molecule has 0 amide bonds. The predicted molar refractivity (Wildman–Crippen MR) is 68.7 cm³/mol. The van der Waals surface area contributed by atoms with E-state index in [2.05, 4.69) is 46.9 Å². The zero-order valence-electron chi connectivity index (χ0n) is 9.44. The van der Waals surface area contributed by atoms with Gasteiger partial charge in [0.2, 0.25) is 0 Å².